The Kier molecular flexibility index (Phi) is 5.95. The van der Waals surface area contributed by atoms with Crippen molar-refractivity contribution >= 4 is 31.5 Å². The molecule has 0 bridgehead atoms. The molecule has 2 aromatic rings. The van der Waals surface area contributed by atoms with Crippen LogP contribution in [0.3, 0.4) is 0 Å². The Morgan fingerprint density at radius 3 is 2.22 bits per heavy atom. The van der Waals surface area contributed by atoms with Gasteiger partial charge in [0.05, 0.1) is 4.90 Å². The first-order valence-corrected chi connectivity index (χ1v) is 8.98. The minimum atomic E-state index is -4.55. The van der Waals surface area contributed by atoms with Gasteiger partial charge in [-0.15, -0.1) is 0 Å². The molecule has 0 radical (unpaired) electrons. The van der Waals surface area contributed by atoms with Gasteiger partial charge in [-0.1, -0.05) is 15.9 Å². The number of halogens is 3. The highest BCUT2D eigenvalue weighted by Crippen LogP contribution is 2.20. The van der Waals surface area contributed by atoms with Crippen molar-refractivity contribution in [2.75, 3.05) is 18.5 Å². The van der Waals surface area contributed by atoms with Crippen molar-refractivity contribution in [3.05, 3.63) is 53.0 Å². The SMILES string of the molecule is O=S(=O)(c1ccc(NCCOc2ccc(Br)cc2)cc1)C(F)F. The number of rotatable bonds is 7. The molecule has 23 heavy (non-hydrogen) atoms. The standard InChI is InChI=1S/C15H14BrF2NO3S/c16-11-1-5-13(6-2-11)22-10-9-19-12-3-7-14(8-4-12)23(20,21)15(17)18/h1-8,15,19H,9-10H2. The maximum absolute atomic E-state index is 12.4. The molecule has 0 spiro atoms. The summed E-state index contributed by atoms with van der Waals surface area (Å²) in [5.41, 5.74) is 0.623. The van der Waals surface area contributed by atoms with Gasteiger partial charge < -0.3 is 10.1 Å². The van der Waals surface area contributed by atoms with E-state index in [4.69, 9.17) is 4.74 Å². The minimum Gasteiger partial charge on any atom is -0.492 e. The molecule has 0 heterocycles. The molecule has 0 saturated heterocycles. The van der Waals surface area contributed by atoms with Crippen LogP contribution in [0, 0.1) is 0 Å². The number of ether oxygens (including phenoxy) is 1. The van der Waals surface area contributed by atoms with Gasteiger partial charge in [0.15, 0.2) is 0 Å². The highest BCUT2D eigenvalue weighted by molar-refractivity contribution is 9.10. The molecule has 0 fully saturated rings. The van der Waals surface area contributed by atoms with Gasteiger partial charge in [-0.05, 0) is 48.5 Å². The van der Waals surface area contributed by atoms with Gasteiger partial charge in [-0.2, -0.15) is 8.78 Å². The molecular formula is C15H14BrF2NO3S. The highest BCUT2D eigenvalue weighted by atomic mass is 79.9. The maximum Gasteiger partial charge on any atom is 0.341 e. The molecule has 0 saturated carbocycles. The number of alkyl halides is 2. The zero-order valence-corrected chi connectivity index (χ0v) is 14.3. The fourth-order valence-electron chi connectivity index (χ4n) is 1.76. The zero-order chi connectivity index (χ0) is 16.9. The first kappa shape index (κ1) is 17.7. The fourth-order valence-corrected chi connectivity index (χ4v) is 2.75. The van der Waals surface area contributed by atoms with E-state index in [0.717, 1.165) is 22.4 Å². The Morgan fingerprint density at radius 1 is 1.04 bits per heavy atom. The predicted molar refractivity (Wildman–Crippen MR) is 87.8 cm³/mol. The molecule has 8 heteroatoms. The second kappa shape index (κ2) is 7.74. The topological polar surface area (TPSA) is 55.4 Å². The maximum atomic E-state index is 12.4. The van der Waals surface area contributed by atoms with E-state index in [0.29, 0.717) is 18.8 Å². The molecule has 1 N–H and O–H groups in total. The van der Waals surface area contributed by atoms with E-state index in [1.54, 1.807) is 0 Å². The second-order valence-electron chi connectivity index (χ2n) is 4.56. The van der Waals surface area contributed by atoms with E-state index in [2.05, 4.69) is 21.2 Å². The van der Waals surface area contributed by atoms with E-state index in [1.165, 1.54) is 12.1 Å². The summed E-state index contributed by atoms with van der Waals surface area (Å²) >= 11 is 3.33. The quantitative estimate of drug-likeness (QED) is 0.708. The van der Waals surface area contributed by atoms with Crippen molar-refractivity contribution in [3.63, 3.8) is 0 Å². The average Bonchev–Trinajstić information content (AvgIpc) is 2.53. The van der Waals surface area contributed by atoms with Crippen LogP contribution < -0.4 is 10.1 Å². The molecular weight excluding hydrogens is 392 g/mol. The molecule has 4 nitrogen and oxygen atoms in total. The molecule has 0 aliphatic carbocycles. The number of nitrogens with one attached hydrogen (secondary N) is 1. The smallest absolute Gasteiger partial charge is 0.341 e. The lowest BCUT2D eigenvalue weighted by Crippen LogP contribution is -2.13. The van der Waals surface area contributed by atoms with Crippen LogP contribution in [0.4, 0.5) is 14.5 Å². The zero-order valence-electron chi connectivity index (χ0n) is 11.9. The van der Waals surface area contributed by atoms with Crippen molar-refractivity contribution in [3.8, 4) is 5.75 Å². The average molecular weight is 406 g/mol. The van der Waals surface area contributed by atoms with Crippen LogP contribution in [0.25, 0.3) is 0 Å². The number of hydrogen-bond acceptors (Lipinski definition) is 4. The highest BCUT2D eigenvalue weighted by Gasteiger charge is 2.26. The minimum absolute atomic E-state index is 0.399. The lowest BCUT2D eigenvalue weighted by atomic mass is 10.3. The van der Waals surface area contributed by atoms with E-state index in [-0.39, 0.29) is 0 Å². The Balaban J connectivity index is 1.84. The molecule has 0 aliphatic rings. The normalized spacial score (nSPS) is 11.5. The van der Waals surface area contributed by atoms with Crippen molar-refractivity contribution in [1.82, 2.24) is 0 Å². The predicted octanol–water partition coefficient (Wildman–Crippen LogP) is 3.94. The summed E-state index contributed by atoms with van der Waals surface area (Å²) in [6, 6.07) is 12.6. The van der Waals surface area contributed by atoms with E-state index in [1.807, 2.05) is 24.3 Å². The van der Waals surface area contributed by atoms with Crippen LogP contribution in [0.2, 0.25) is 0 Å². The van der Waals surface area contributed by atoms with Gasteiger partial charge in [0.25, 0.3) is 0 Å². The van der Waals surface area contributed by atoms with Crippen molar-refractivity contribution < 1.29 is 21.9 Å². The summed E-state index contributed by atoms with van der Waals surface area (Å²) < 4.78 is 53.9. The largest absolute Gasteiger partial charge is 0.492 e. The monoisotopic (exact) mass is 405 g/mol. The third kappa shape index (κ3) is 4.90. The van der Waals surface area contributed by atoms with Crippen molar-refractivity contribution in [2.45, 2.75) is 10.7 Å². The van der Waals surface area contributed by atoms with Gasteiger partial charge in [0.2, 0.25) is 9.84 Å². The summed E-state index contributed by atoms with van der Waals surface area (Å²) in [4.78, 5) is -0.399. The van der Waals surface area contributed by atoms with Crippen LogP contribution in [0.1, 0.15) is 0 Å². The van der Waals surface area contributed by atoms with Crippen LogP contribution in [0.15, 0.2) is 57.9 Å². The summed E-state index contributed by atoms with van der Waals surface area (Å²) in [5.74, 6) is -2.69. The van der Waals surface area contributed by atoms with E-state index >= 15 is 0 Å². The lowest BCUT2D eigenvalue weighted by molar-refractivity contribution is 0.234. The molecule has 2 aromatic carbocycles. The van der Waals surface area contributed by atoms with E-state index in [9.17, 15) is 17.2 Å². The summed E-state index contributed by atoms with van der Waals surface area (Å²) in [5, 5.41) is 3.02. The van der Waals surface area contributed by atoms with Crippen LogP contribution in [-0.2, 0) is 9.84 Å². The van der Waals surface area contributed by atoms with Gasteiger partial charge in [-0.25, -0.2) is 8.42 Å². The number of anilines is 1. The molecule has 0 unspecified atom stereocenters. The van der Waals surface area contributed by atoms with Gasteiger partial charge in [-0.3, -0.25) is 0 Å². The van der Waals surface area contributed by atoms with Crippen molar-refractivity contribution in [1.29, 1.82) is 0 Å². The third-order valence-electron chi connectivity index (χ3n) is 2.93. The Hall–Kier alpha value is -1.67. The van der Waals surface area contributed by atoms with Gasteiger partial charge >= 0.3 is 5.76 Å². The Bertz CT molecular complexity index is 734. The molecule has 0 amide bonds. The van der Waals surface area contributed by atoms with Gasteiger partial charge in [0, 0.05) is 16.7 Å². The molecule has 0 aliphatic heterocycles. The van der Waals surface area contributed by atoms with Crippen LogP contribution in [-0.4, -0.2) is 27.3 Å². The Labute approximate surface area is 141 Å². The summed E-state index contributed by atoms with van der Waals surface area (Å²) in [6.07, 6.45) is 0. The lowest BCUT2D eigenvalue weighted by Gasteiger charge is -2.09. The number of hydrogen-bond donors (Lipinski definition) is 1. The molecule has 124 valence electrons. The number of benzene rings is 2. The van der Waals surface area contributed by atoms with Crippen LogP contribution in [0.5, 0.6) is 5.75 Å². The molecule has 0 aromatic heterocycles. The molecule has 0 atom stereocenters. The fraction of sp³-hybridized carbons (Fsp3) is 0.200. The first-order valence-electron chi connectivity index (χ1n) is 6.64. The van der Waals surface area contributed by atoms with E-state index < -0.39 is 20.5 Å². The van der Waals surface area contributed by atoms with Crippen molar-refractivity contribution in [2.24, 2.45) is 0 Å². The second-order valence-corrected chi connectivity index (χ2v) is 7.39. The summed E-state index contributed by atoms with van der Waals surface area (Å²) in [7, 11) is -4.55. The molecule has 2 rings (SSSR count). The van der Waals surface area contributed by atoms with Gasteiger partial charge in [0.1, 0.15) is 12.4 Å². The van der Waals surface area contributed by atoms with Crippen LogP contribution >= 0.6 is 15.9 Å². The number of sulfone groups is 1. The Morgan fingerprint density at radius 2 is 1.65 bits per heavy atom. The third-order valence-corrected chi connectivity index (χ3v) is 4.86. The summed E-state index contributed by atoms with van der Waals surface area (Å²) in [6.45, 7) is 0.885. The first-order chi connectivity index (χ1) is 10.9.